The van der Waals surface area contributed by atoms with E-state index in [0.717, 1.165) is 12.8 Å². The molecule has 1 heterocycles. The quantitative estimate of drug-likeness (QED) is 0.754. The molecule has 1 fully saturated rings. The maximum Gasteiger partial charge on any atom is 0.249 e. The lowest BCUT2D eigenvalue weighted by Crippen LogP contribution is -2.23. The molecule has 0 spiro atoms. The number of thiazole rings is 1. The molecule has 1 aromatic heterocycles. The Bertz CT molecular complexity index is 941. The highest BCUT2D eigenvalue weighted by molar-refractivity contribution is 7.92. The van der Waals surface area contributed by atoms with Gasteiger partial charge in [0.05, 0.1) is 17.5 Å². The Balaban J connectivity index is 1.67. The summed E-state index contributed by atoms with van der Waals surface area (Å²) >= 11 is 1.27. The molecule has 0 atom stereocenters. The monoisotopic (exact) mass is 396 g/mol. The van der Waals surface area contributed by atoms with Crippen LogP contribution in [0.2, 0.25) is 0 Å². The topological polar surface area (TPSA) is 68.5 Å². The van der Waals surface area contributed by atoms with Crippen molar-refractivity contribution in [2.75, 3.05) is 5.75 Å². The van der Waals surface area contributed by atoms with Crippen molar-refractivity contribution in [3.8, 4) is 0 Å². The second-order valence-corrected chi connectivity index (χ2v) is 9.71. The van der Waals surface area contributed by atoms with Crippen LogP contribution < -0.4 is 4.80 Å². The number of aromatic nitrogens is 1. The number of halogens is 1. The predicted octanol–water partition coefficient (Wildman–Crippen LogP) is 2.91. The van der Waals surface area contributed by atoms with E-state index < -0.39 is 15.7 Å². The van der Waals surface area contributed by atoms with E-state index in [0.29, 0.717) is 23.2 Å². The highest BCUT2D eigenvalue weighted by Gasteiger charge is 2.28. The van der Waals surface area contributed by atoms with Gasteiger partial charge < -0.3 is 4.57 Å². The first kappa shape index (κ1) is 19.0. The van der Waals surface area contributed by atoms with Gasteiger partial charge in [-0.25, -0.2) is 12.8 Å². The number of hydrogen-bond donors (Lipinski definition) is 0. The summed E-state index contributed by atoms with van der Waals surface area (Å²) in [5.41, 5.74) is 0.503. The largest absolute Gasteiger partial charge is 0.319 e. The SMILES string of the molecule is O=C(CCS(=O)(=O)C1CCCC1)N=c1sccn1Cc1ccccc1F. The third-order valence-corrected chi connectivity index (χ3v) is 7.64. The third-order valence-electron chi connectivity index (χ3n) is 4.59. The predicted molar refractivity (Wildman–Crippen MR) is 99.0 cm³/mol. The van der Waals surface area contributed by atoms with E-state index in [-0.39, 0.29) is 29.8 Å². The third kappa shape index (κ3) is 4.67. The Morgan fingerprint density at radius 3 is 2.73 bits per heavy atom. The van der Waals surface area contributed by atoms with Crippen LogP contribution in [0.1, 0.15) is 37.7 Å². The van der Waals surface area contributed by atoms with Crippen LogP contribution in [-0.2, 0) is 21.2 Å². The maximum atomic E-state index is 13.8. The van der Waals surface area contributed by atoms with Crippen molar-refractivity contribution < 1.29 is 17.6 Å². The van der Waals surface area contributed by atoms with Crippen molar-refractivity contribution in [2.45, 2.75) is 43.9 Å². The van der Waals surface area contributed by atoms with Gasteiger partial charge in [0.2, 0.25) is 5.91 Å². The Hall–Kier alpha value is -1.80. The lowest BCUT2D eigenvalue weighted by molar-refractivity contribution is -0.117. The fourth-order valence-corrected chi connectivity index (χ4v) is 5.71. The molecule has 1 aliphatic rings. The van der Waals surface area contributed by atoms with Gasteiger partial charge in [0.1, 0.15) is 5.82 Å². The van der Waals surface area contributed by atoms with E-state index in [9.17, 15) is 17.6 Å². The van der Waals surface area contributed by atoms with Crippen LogP contribution in [0.5, 0.6) is 0 Å². The fourth-order valence-electron chi connectivity index (χ4n) is 3.12. The number of benzene rings is 1. The van der Waals surface area contributed by atoms with Crippen LogP contribution >= 0.6 is 11.3 Å². The molecule has 1 aromatic carbocycles. The van der Waals surface area contributed by atoms with E-state index in [1.54, 1.807) is 34.3 Å². The molecule has 1 saturated carbocycles. The van der Waals surface area contributed by atoms with Gasteiger partial charge in [-0.1, -0.05) is 31.0 Å². The summed E-state index contributed by atoms with van der Waals surface area (Å²) in [6, 6.07) is 6.44. The minimum atomic E-state index is -3.23. The minimum Gasteiger partial charge on any atom is -0.319 e. The number of hydrogen-bond acceptors (Lipinski definition) is 4. The highest BCUT2D eigenvalue weighted by Crippen LogP contribution is 2.25. The van der Waals surface area contributed by atoms with Crippen LogP contribution in [0.3, 0.4) is 0 Å². The molecule has 0 aliphatic heterocycles. The molecule has 8 heteroatoms. The molecule has 0 saturated heterocycles. The second-order valence-electron chi connectivity index (χ2n) is 6.43. The van der Waals surface area contributed by atoms with Gasteiger partial charge in [-0.2, -0.15) is 4.99 Å². The van der Waals surface area contributed by atoms with Crippen LogP contribution in [0.25, 0.3) is 0 Å². The first-order valence-corrected chi connectivity index (χ1v) is 11.2. The molecule has 0 radical (unpaired) electrons. The molecule has 1 aliphatic carbocycles. The van der Waals surface area contributed by atoms with Crippen molar-refractivity contribution in [1.29, 1.82) is 0 Å². The summed E-state index contributed by atoms with van der Waals surface area (Å²) < 4.78 is 40.0. The van der Waals surface area contributed by atoms with Gasteiger partial charge in [0, 0.05) is 23.6 Å². The molecule has 5 nitrogen and oxygen atoms in total. The van der Waals surface area contributed by atoms with Crippen molar-refractivity contribution in [3.63, 3.8) is 0 Å². The lowest BCUT2D eigenvalue weighted by Gasteiger charge is -2.09. The van der Waals surface area contributed by atoms with Crippen LogP contribution in [0.15, 0.2) is 40.8 Å². The van der Waals surface area contributed by atoms with Gasteiger partial charge in [0.15, 0.2) is 14.6 Å². The smallest absolute Gasteiger partial charge is 0.249 e. The number of sulfone groups is 1. The number of nitrogens with zero attached hydrogens (tertiary/aromatic N) is 2. The van der Waals surface area contributed by atoms with Gasteiger partial charge in [0.25, 0.3) is 0 Å². The molecule has 1 amide bonds. The summed E-state index contributed by atoms with van der Waals surface area (Å²) in [4.78, 5) is 16.6. The summed E-state index contributed by atoms with van der Waals surface area (Å²) in [7, 11) is -3.23. The summed E-state index contributed by atoms with van der Waals surface area (Å²) in [6.45, 7) is 0.267. The number of carbonyl (C=O) groups is 1. The zero-order valence-corrected chi connectivity index (χ0v) is 15.9. The van der Waals surface area contributed by atoms with E-state index >= 15 is 0 Å². The standard InChI is InChI=1S/C18H21FN2O3S2/c19-16-8-4-1-5-14(16)13-21-10-11-25-18(21)20-17(22)9-12-26(23,24)15-6-2-3-7-15/h1,4-5,8,10-11,15H,2-3,6-7,9,12-13H2. The van der Waals surface area contributed by atoms with Gasteiger partial charge in [-0.15, -0.1) is 11.3 Å². The lowest BCUT2D eigenvalue weighted by atomic mass is 10.2. The van der Waals surface area contributed by atoms with Crippen molar-refractivity contribution in [2.24, 2.45) is 4.99 Å². The van der Waals surface area contributed by atoms with Crippen molar-refractivity contribution in [3.05, 3.63) is 52.0 Å². The molecule has 140 valence electrons. The van der Waals surface area contributed by atoms with Gasteiger partial charge in [-0.05, 0) is 18.9 Å². The first-order chi connectivity index (χ1) is 12.5. The first-order valence-electron chi connectivity index (χ1n) is 8.62. The average Bonchev–Trinajstić information content (AvgIpc) is 3.28. The van der Waals surface area contributed by atoms with Gasteiger partial charge >= 0.3 is 0 Å². The molecular weight excluding hydrogens is 375 g/mol. The zero-order valence-electron chi connectivity index (χ0n) is 14.3. The molecule has 2 aromatic rings. The fraction of sp³-hybridized carbons (Fsp3) is 0.444. The van der Waals surface area contributed by atoms with E-state index in [1.807, 2.05) is 0 Å². The van der Waals surface area contributed by atoms with Crippen molar-refractivity contribution in [1.82, 2.24) is 4.57 Å². The molecule has 0 unspecified atom stereocenters. The molecule has 0 bridgehead atoms. The summed E-state index contributed by atoms with van der Waals surface area (Å²) in [5.74, 6) is -0.930. The molecule has 26 heavy (non-hydrogen) atoms. The van der Waals surface area contributed by atoms with E-state index in [1.165, 1.54) is 17.4 Å². The van der Waals surface area contributed by atoms with Gasteiger partial charge in [-0.3, -0.25) is 4.79 Å². The summed E-state index contributed by atoms with van der Waals surface area (Å²) in [5, 5.41) is 1.46. The second kappa shape index (κ2) is 8.26. The van der Waals surface area contributed by atoms with E-state index in [4.69, 9.17) is 0 Å². The normalized spacial score (nSPS) is 16.3. The van der Waals surface area contributed by atoms with Crippen LogP contribution in [-0.4, -0.2) is 29.9 Å². The average molecular weight is 397 g/mol. The highest BCUT2D eigenvalue weighted by atomic mass is 32.2. The number of carbonyl (C=O) groups excluding carboxylic acids is 1. The molecule has 0 N–H and O–H groups in total. The van der Waals surface area contributed by atoms with Crippen LogP contribution in [0.4, 0.5) is 4.39 Å². The minimum absolute atomic E-state index is 0.115. The van der Waals surface area contributed by atoms with Crippen LogP contribution in [0, 0.1) is 5.82 Å². The summed E-state index contributed by atoms with van der Waals surface area (Å²) in [6.07, 6.45) is 4.89. The Morgan fingerprint density at radius 2 is 2.00 bits per heavy atom. The van der Waals surface area contributed by atoms with Crippen molar-refractivity contribution >= 4 is 27.1 Å². The molecular formula is C18H21FN2O3S2. The molecule has 3 rings (SSSR count). The Kier molecular flexibility index (Phi) is 6.03. The number of amides is 1. The maximum absolute atomic E-state index is 13.8. The number of rotatable bonds is 6. The van der Waals surface area contributed by atoms with E-state index in [2.05, 4.69) is 4.99 Å². The Labute approximate surface area is 156 Å². The Morgan fingerprint density at radius 1 is 1.27 bits per heavy atom. The zero-order chi connectivity index (χ0) is 18.6.